The van der Waals surface area contributed by atoms with Crippen molar-refractivity contribution in [3.63, 3.8) is 0 Å². The highest BCUT2D eigenvalue weighted by atomic mass is 19.2. The number of benzene rings is 2. The van der Waals surface area contributed by atoms with Crippen molar-refractivity contribution in [2.24, 2.45) is 5.73 Å². The third-order valence-electron chi connectivity index (χ3n) is 4.64. The third-order valence-corrected chi connectivity index (χ3v) is 4.64. The molecule has 2 nitrogen and oxygen atoms in total. The van der Waals surface area contributed by atoms with E-state index >= 15 is 0 Å². The molecule has 2 unspecified atom stereocenters. The Morgan fingerprint density at radius 2 is 1.95 bits per heavy atom. The minimum atomic E-state index is -0.808. The highest BCUT2D eigenvalue weighted by molar-refractivity contribution is 5.46. The monoisotopic (exact) mass is 302 g/mol. The second-order valence-corrected chi connectivity index (χ2v) is 6.00. The molecule has 0 aromatic heterocycles. The van der Waals surface area contributed by atoms with Crippen LogP contribution in [0.2, 0.25) is 0 Å². The molecule has 22 heavy (non-hydrogen) atoms. The summed E-state index contributed by atoms with van der Waals surface area (Å²) in [6, 6.07) is 10.5. The average molecular weight is 302 g/mol. The lowest BCUT2D eigenvalue weighted by molar-refractivity contribution is 0.223. The highest BCUT2D eigenvalue weighted by Crippen LogP contribution is 2.40. The summed E-state index contributed by atoms with van der Waals surface area (Å²) in [5.74, 6) is -1.58. The van der Waals surface area contributed by atoms with Gasteiger partial charge in [0.1, 0.15) is 0 Å². The molecule has 0 saturated heterocycles. The van der Waals surface area contributed by atoms with Gasteiger partial charge in [-0.2, -0.15) is 0 Å². The maximum absolute atomic E-state index is 13.6. The van der Waals surface area contributed by atoms with Crippen LogP contribution in [0.4, 0.5) is 8.78 Å². The molecule has 2 atom stereocenters. The largest absolute Gasteiger partial charge is 0.329 e. The van der Waals surface area contributed by atoms with E-state index in [2.05, 4.69) is 24.0 Å². The van der Waals surface area contributed by atoms with Crippen LogP contribution in [0.3, 0.4) is 0 Å². The van der Waals surface area contributed by atoms with Gasteiger partial charge in [-0.05, 0) is 48.4 Å². The molecular weight excluding hydrogens is 282 g/mol. The van der Waals surface area contributed by atoms with Gasteiger partial charge in [0.25, 0.3) is 0 Å². The minimum absolute atomic E-state index is 0.0269. The van der Waals surface area contributed by atoms with Gasteiger partial charge in [0.2, 0.25) is 0 Å². The Morgan fingerprint density at radius 3 is 2.64 bits per heavy atom. The fourth-order valence-electron chi connectivity index (χ4n) is 3.52. The van der Waals surface area contributed by atoms with Crippen LogP contribution >= 0.6 is 0 Å². The Morgan fingerprint density at radius 1 is 1.18 bits per heavy atom. The molecule has 0 saturated carbocycles. The summed E-state index contributed by atoms with van der Waals surface area (Å²) in [5, 5.41) is 0. The number of halogens is 2. The van der Waals surface area contributed by atoms with E-state index in [-0.39, 0.29) is 12.0 Å². The van der Waals surface area contributed by atoms with Gasteiger partial charge >= 0.3 is 0 Å². The lowest BCUT2D eigenvalue weighted by Crippen LogP contribution is -2.39. The molecule has 116 valence electrons. The Kier molecular flexibility index (Phi) is 3.98. The minimum Gasteiger partial charge on any atom is -0.329 e. The van der Waals surface area contributed by atoms with Gasteiger partial charge in [-0.15, -0.1) is 0 Å². The van der Waals surface area contributed by atoms with Crippen molar-refractivity contribution in [2.75, 3.05) is 20.1 Å². The number of aryl methyl sites for hydroxylation is 1. The fourth-order valence-corrected chi connectivity index (χ4v) is 3.52. The van der Waals surface area contributed by atoms with Crippen LogP contribution in [0.15, 0.2) is 36.4 Å². The molecule has 1 aliphatic heterocycles. The van der Waals surface area contributed by atoms with E-state index in [4.69, 9.17) is 5.73 Å². The molecule has 3 rings (SSSR count). The van der Waals surface area contributed by atoms with Gasteiger partial charge in [0.05, 0.1) is 0 Å². The van der Waals surface area contributed by atoms with Crippen LogP contribution in [0, 0.1) is 18.6 Å². The van der Waals surface area contributed by atoms with Crippen LogP contribution in [0.25, 0.3) is 0 Å². The van der Waals surface area contributed by atoms with Crippen LogP contribution in [0.5, 0.6) is 0 Å². The Balaban J connectivity index is 2.15. The molecule has 0 bridgehead atoms. The predicted octanol–water partition coefficient (Wildman–Crippen LogP) is 3.35. The summed E-state index contributed by atoms with van der Waals surface area (Å²) in [7, 11) is 2.02. The third kappa shape index (κ3) is 2.42. The van der Waals surface area contributed by atoms with Crippen LogP contribution in [0.1, 0.15) is 34.2 Å². The molecule has 4 heteroatoms. The van der Waals surface area contributed by atoms with E-state index in [1.807, 2.05) is 13.1 Å². The van der Waals surface area contributed by atoms with Crippen LogP contribution < -0.4 is 5.73 Å². The van der Waals surface area contributed by atoms with Crippen molar-refractivity contribution in [3.8, 4) is 0 Å². The quantitative estimate of drug-likeness (QED) is 0.922. The van der Waals surface area contributed by atoms with Crippen molar-refractivity contribution >= 4 is 0 Å². The molecule has 1 heterocycles. The van der Waals surface area contributed by atoms with Gasteiger partial charge < -0.3 is 5.73 Å². The molecule has 1 aliphatic rings. The number of rotatable bonds is 2. The first kappa shape index (κ1) is 15.1. The molecule has 0 aliphatic carbocycles. The summed E-state index contributed by atoms with van der Waals surface area (Å²) in [6.07, 6.45) is 0. The molecule has 2 N–H and O–H groups in total. The molecule has 0 radical (unpaired) electrons. The summed E-state index contributed by atoms with van der Waals surface area (Å²) in [6.45, 7) is 3.34. The molecule has 2 aromatic carbocycles. The second kappa shape index (κ2) is 5.78. The van der Waals surface area contributed by atoms with E-state index in [9.17, 15) is 8.78 Å². The number of nitrogens with zero attached hydrogens (tertiary/aromatic N) is 1. The maximum Gasteiger partial charge on any atom is 0.159 e. The Hall–Kier alpha value is -1.78. The topological polar surface area (TPSA) is 29.3 Å². The van der Waals surface area contributed by atoms with Crippen molar-refractivity contribution < 1.29 is 8.78 Å². The standard InChI is InChI=1S/C18H20F2N2/c1-11-4-3-5-13-17(9-21)22(2)10-14(18(11)13)12-6-7-15(19)16(20)8-12/h3-8,14,17H,9-10,21H2,1-2H3. The lowest BCUT2D eigenvalue weighted by Gasteiger charge is -2.39. The van der Waals surface area contributed by atoms with Gasteiger partial charge in [0.15, 0.2) is 11.6 Å². The first-order chi connectivity index (χ1) is 10.5. The molecular formula is C18H20F2N2. The molecule has 0 fully saturated rings. The number of nitrogens with two attached hydrogens (primary N) is 1. The molecule has 0 spiro atoms. The Bertz CT molecular complexity index is 699. The summed E-state index contributed by atoms with van der Waals surface area (Å²) in [5.41, 5.74) is 10.3. The smallest absolute Gasteiger partial charge is 0.159 e. The zero-order valence-corrected chi connectivity index (χ0v) is 12.8. The summed E-state index contributed by atoms with van der Waals surface area (Å²) >= 11 is 0. The SMILES string of the molecule is Cc1cccc2c1C(c1ccc(F)c(F)c1)CN(C)C2CN. The van der Waals surface area contributed by atoms with Gasteiger partial charge in [-0.3, -0.25) is 4.90 Å². The van der Waals surface area contributed by atoms with Crippen molar-refractivity contribution in [3.05, 3.63) is 70.3 Å². The van der Waals surface area contributed by atoms with Crippen molar-refractivity contribution in [1.29, 1.82) is 0 Å². The van der Waals surface area contributed by atoms with E-state index in [0.29, 0.717) is 6.54 Å². The fraction of sp³-hybridized carbons (Fsp3) is 0.333. The number of fused-ring (bicyclic) bond motifs is 1. The lowest BCUT2D eigenvalue weighted by atomic mass is 9.79. The summed E-state index contributed by atoms with van der Waals surface area (Å²) < 4.78 is 26.9. The predicted molar refractivity (Wildman–Crippen MR) is 83.8 cm³/mol. The van der Waals surface area contributed by atoms with E-state index in [0.717, 1.165) is 12.1 Å². The van der Waals surface area contributed by atoms with E-state index < -0.39 is 11.6 Å². The van der Waals surface area contributed by atoms with Gasteiger partial charge in [-0.25, -0.2) is 8.78 Å². The second-order valence-electron chi connectivity index (χ2n) is 6.00. The van der Waals surface area contributed by atoms with E-state index in [1.54, 1.807) is 6.07 Å². The van der Waals surface area contributed by atoms with Gasteiger partial charge in [0, 0.05) is 25.0 Å². The van der Waals surface area contributed by atoms with E-state index in [1.165, 1.54) is 28.8 Å². The molecule has 0 amide bonds. The highest BCUT2D eigenvalue weighted by Gasteiger charge is 2.32. The number of hydrogen-bond donors (Lipinski definition) is 1. The normalized spacial score (nSPS) is 21.7. The molecule has 2 aromatic rings. The zero-order chi connectivity index (χ0) is 15.9. The van der Waals surface area contributed by atoms with Gasteiger partial charge in [-0.1, -0.05) is 24.3 Å². The van der Waals surface area contributed by atoms with Crippen LogP contribution in [-0.2, 0) is 0 Å². The van der Waals surface area contributed by atoms with Crippen molar-refractivity contribution in [1.82, 2.24) is 4.90 Å². The Labute approximate surface area is 129 Å². The maximum atomic E-state index is 13.6. The van der Waals surface area contributed by atoms with Crippen molar-refractivity contribution in [2.45, 2.75) is 18.9 Å². The summed E-state index contributed by atoms with van der Waals surface area (Å²) in [4.78, 5) is 2.19. The first-order valence-corrected chi connectivity index (χ1v) is 7.47. The zero-order valence-electron chi connectivity index (χ0n) is 12.8. The van der Waals surface area contributed by atoms with Crippen LogP contribution in [-0.4, -0.2) is 25.0 Å². The average Bonchev–Trinajstić information content (AvgIpc) is 2.49. The first-order valence-electron chi connectivity index (χ1n) is 7.47. The number of likely N-dealkylation sites (N-methyl/N-ethyl adjacent to an activating group) is 1. The number of hydrogen-bond acceptors (Lipinski definition) is 2.